The summed E-state index contributed by atoms with van der Waals surface area (Å²) in [6.45, 7) is 0. The number of benzene rings is 1. The molecule has 0 aliphatic carbocycles. The highest BCUT2D eigenvalue weighted by Gasteiger charge is 2.23. The van der Waals surface area contributed by atoms with Gasteiger partial charge in [-0.25, -0.2) is 0 Å². The number of halogens is 1. The van der Waals surface area contributed by atoms with Crippen molar-refractivity contribution < 1.29 is 14.8 Å². The zero-order chi connectivity index (χ0) is 12.5. The number of nitro benzene ring substituents is 1. The zero-order valence-corrected chi connectivity index (χ0v) is 9.35. The molecule has 0 aliphatic rings. The van der Waals surface area contributed by atoms with Gasteiger partial charge in [-0.1, -0.05) is 11.6 Å². The van der Waals surface area contributed by atoms with Crippen molar-refractivity contribution in [2.45, 2.75) is 0 Å². The predicted octanol–water partition coefficient (Wildman–Crippen LogP) is 1.66. The van der Waals surface area contributed by atoms with Gasteiger partial charge in [0.05, 0.1) is 10.5 Å². The Morgan fingerprint density at radius 1 is 1.50 bits per heavy atom. The third-order valence-electron chi connectivity index (χ3n) is 1.89. The van der Waals surface area contributed by atoms with E-state index in [9.17, 15) is 20.0 Å². The van der Waals surface area contributed by atoms with Crippen molar-refractivity contribution >= 4 is 23.2 Å². The van der Waals surface area contributed by atoms with E-state index in [2.05, 4.69) is 0 Å². The molecule has 1 amide bonds. The monoisotopic (exact) mass is 244 g/mol. The van der Waals surface area contributed by atoms with Crippen LogP contribution in [0.4, 0.5) is 5.69 Å². The van der Waals surface area contributed by atoms with Crippen LogP contribution in [-0.2, 0) is 0 Å². The number of nitro groups is 1. The van der Waals surface area contributed by atoms with E-state index in [0.717, 1.165) is 6.07 Å². The minimum atomic E-state index is -0.798. The molecule has 0 radical (unpaired) electrons. The van der Waals surface area contributed by atoms with E-state index in [1.54, 1.807) is 0 Å². The summed E-state index contributed by atoms with van der Waals surface area (Å²) in [6, 6.07) is 2.18. The van der Waals surface area contributed by atoms with Crippen molar-refractivity contribution in [2.24, 2.45) is 0 Å². The molecule has 6 nitrogen and oxygen atoms in total. The maximum Gasteiger partial charge on any atom is 0.313 e. The van der Waals surface area contributed by atoms with Crippen LogP contribution in [-0.4, -0.2) is 34.9 Å². The largest absolute Gasteiger partial charge is 0.502 e. The number of carbonyl (C=O) groups excluding carboxylic acids is 1. The second kappa shape index (κ2) is 4.36. The molecule has 1 rings (SSSR count). The molecule has 1 aromatic rings. The Bertz CT molecular complexity index is 459. The van der Waals surface area contributed by atoms with E-state index in [0.29, 0.717) is 0 Å². The van der Waals surface area contributed by atoms with Crippen LogP contribution in [0.3, 0.4) is 0 Å². The molecule has 0 heterocycles. The van der Waals surface area contributed by atoms with Crippen molar-refractivity contribution in [3.05, 3.63) is 32.8 Å². The summed E-state index contributed by atoms with van der Waals surface area (Å²) in [4.78, 5) is 22.5. The number of phenolic OH excluding ortho intramolecular Hbond substituents is 1. The van der Waals surface area contributed by atoms with Gasteiger partial charge in [-0.15, -0.1) is 0 Å². The molecule has 1 aromatic carbocycles. The fourth-order valence-corrected chi connectivity index (χ4v) is 1.34. The second-order valence-corrected chi connectivity index (χ2v) is 3.71. The lowest BCUT2D eigenvalue weighted by Crippen LogP contribution is -2.21. The zero-order valence-electron chi connectivity index (χ0n) is 8.60. The average molecular weight is 245 g/mol. The van der Waals surface area contributed by atoms with Gasteiger partial charge in [0.15, 0.2) is 0 Å². The Labute approximate surface area is 96.2 Å². The Morgan fingerprint density at radius 3 is 2.50 bits per heavy atom. The van der Waals surface area contributed by atoms with Crippen LogP contribution in [0.5, 0.6) is 5.75 Å². The summed E-state index contributed by atoms with van der Waals surface area (Å²) >= 11 is 5.63. The molecule has 0 aromatic heterocycles. The highest BCUT2D eigenvalue weighted by molar-refractivity contribution is 6.31. The lowest BCUT2D eigenvalue weighted by atomic mass is 10.1. The van der Waals surface area contributed by atoms with E-state index < -0.39 is 22.3 Å². The van der Waals surface area contributed by atoms with E-state index in [4.69, 9.17) is 11.6 Å². The minimum absolute atomic E-state index is 0.0229. The van der Waals surface area contributed by atoms with Gasteiger partial charge in [-0.3, -0.25) is 14.9 Å². The maximum absolute atomic E-state index is 11.6. The molecular formula is C9H9ClN2O4. The second-order valence-electron chi connectivity index (χ2n) is 3.28. The third-order valence-corrected chi connectivity index (χ3v) is 2.11. The first kappa shape index (κ1) is 12.3. The first-order chi connectivity index (χ1) is 7.34. The maximum atomic E-state index is 11.6. The molecule has 0 unspecified atom stereocenters. The normalized spacial score (nSPS) is 9.94. The average Bonchev–Trinajstić information content (AvgIpc) is 2.19. The van der Waals surface area contributed by atoms with Crippen LogP contribution in [0.15, 0.2) is 12.1 Å². The molecule has 16 heavy (non-hydrogen) atoms. The van der Waals surface area contributed by atoms with Gasteiger partial charge in [-0.2, -0.15) is 0 Å². The number of aromatic hydroxyl groups is 1. The number of rotatable bonds is 2. The molecule has 0 aliphatic heterocycles. The Hall–Kier alpha value is -1.82. The van der Waals surface area contributed by atoms with E-state index >= 15 is 0 Å². The van der Waals surface area contributed by atoms with Crippen LogP contribution < -0.4 is 0 Å². The van der Waals surface area contributed by atoms with Crippen molar-refractivity contribution in [2.75, 3.05) is 14.1 Å². The minimum Gasteiger partial charge on any atom is -0.502 e. The number of nitrogens with zero attached hydrogens (tertiary/aromatic N) is 2. The van der Waals surface area contributed by atoms with Gasteiger partial charge >= 0.3 is 5.69 Å². The van der Waals surface area contributed by atoms with Crippen molar-refractivity contribution in [1.82, 2.24) is 4.90 Å². The highest BCUT2D eigenvalue weighted by Crippen LogP contribution is 2.33. The van der Waals surface area contributed by atoms with Crippen LogP contribution in [0.2, 0.25) is 5.02 Å². The number of phenols is 1. The van der Waals surface area contributed by atoms with Gasteiger partial charge in [0, 0.05) is 25.2 Å². The summed E-state index contributed by atoms with van der Waals surface area (Å²) in [6.07, 6.45) is 0. The summed E-state index contributed by atoms with van der Waals surface area (Å²) in [7, 11) is 2.93. The van der Waals surface area contributed by atoms with Crippen molar-refractivity contribution in [3.63, 3.8) is 0 Å². The summed E-state index contributed by atoms with van der Waals surface area (Å²) in [5.74, 6) is -1.23. The standard InChI is InChI=1S/C9H9ClN2O4/c1-11(2)9(14)6-3-5(10)4-7(8(6)13)12(15)16/h3-4,13H,1-2H3. The molecule has 0 atom stereocenters. The molecule has 7 heteroatoms. The first-order valence-corrected chi connectivity index (χ1v) is 4.61. The SMILES string of the molecule is CN(C)C(=O)c1cc(Cl)cc([N+](=O)[O-])c1O. The molecular weight excluding hydrogens is 236 g/mol. The van der Waals surface area contributed by atoms with Gasteiger partial charge in [0.1, 0.15) is 0 Å². The molecule has 0 fully saturated rings. The van der Waals surface area contributed by atoms with E-state index in [1.165, 1.54) is 25.1 Å². The summed E-state index contributed by atoms with van der Waals surface area (Å²) in [5.41, 5.74) is -0.776. The Balaban J connectivity index is 3.41. The fourth-order valence-electron chi connectivity index (χ4n) is 1.13. The van der Waals surface area contributed by atoms with Crippen LogP contribution in [0.25, 0.3) is 0 Å². The van der Waals surface area contributed by atoms with Crippen LogP contribution in [0.1, 0.15) is 10.4 Å². The molecule has 0 saturated carbocycles. The summed E-state index contributed by atoms with van der Waals surface area (Å²) < 4.78 is 0. The topological polar surface area (TPSA) is 83.7 Å². The van der Waals surface area contributed by atoms with Gasteiger partial charge < -0.3 is 10.0 Å². The number of hydrogen-bond donors (Lipinski definition) is 1. The van der Waals surface area contributed by atoms with Gasteiger partial charge in [-0.05, 0) is 6.07 Å². The third kappa shape index (κ3) is 2.22. The predicted molar refractivity (Wildman–Crippen MR) is 57.8 cm³/mol. The van der Waals surface area contributed by atoms with Crippen LogP contribution >= 0.6 is 11.6 Å². The molecule has 0 saturated heterocycles. The lowest BCUT2D eigenvalue weighted by Gasteiger charge is -2.11. The number of carbonyl (C=O) groups is 1. The Kier molecular flexibility index (Phi) is 3.34. The van der Waals surface area contributed by atoms with Crippen molar-refractivity contribution in [1.29, 1.82) is 0 Å². The summed E-state index contributed by atoms with van der Waals surface area (Å²) in [5, 5.41) is 20.2. The van der Waals surface area contributed by atoms with E-state index in [1.807, 2.05) is 0 Å². The smallest absolute Gasteiger partial charge is 0.313 e. The number of amides is 1. The molecule has 0 bridgehead atoms. The van der Waals surface area contributed by atoms with Crippen molar-refractivity contribution in [3.8, 4) is 5.75 Å². The number of hydrogen-bond acceptors (Lipinski definition) is 4. The molecule has 0 spiro atoms. The fraction of sp³-hybridized carbons (Fsp3) is 0.222. The Morgan fingerprint density at radius 2 is 2.06 bits per heavy atom. The molecule has 86 valence electrons. The van der Waals surface area contributed by atoms with Gasteiger partial charge in [0.2, 0.25) is 5.75 Å². The van der Waals surface area contributed by atoms with Crippen LogP contribution in [0, 0.1) is 10.1 Å². The lowest BCUT2D eigenvalue weighted by molar-refractivity contribution is -0.385. The first-order valence-electron chi connectivity index (χ1n) is 4.23. The van der Waals surface area contributed by atoms with Gasteiger partial charge in [0.25, 0.3) is 5.91 Å². The van der Waals surface area contributed by atoms with E-state index in [-0.39, 0.29) is 10.6 Å². The molecule has 1 N–H and O–H groups in total. The quantitative estimate of drug-likeness (QED) is 0.633. The highest BCUT2D eigenvalue weighted by atomic mass is 35.5.